The Kier molecular flexibility index (Phi) is 18.3. The number of benzene rings is 1. The molecule has 1 N–H and O–H groups in total. The number of likely N-dealkylation sites (tertiary alicyclic amines) is 1. The second-order valence-corrected chi connectivity index (χ2v) is 17.3. The highest BCUT2D eigenvalue weighted by Crippen LogP contribution is 2.32. The summed E-state index contributed by atoms with van der Waals surface area (Å²) in [6.07, 6.45) is 13.1. The number of esters is 1. The number of carboxylic acid groups (broad SMARTS) is 1. The average Bonchev–Trinajstić information content (AvgIpc) is 3.57. The maximum atomic E-state index is 13.1. The predicted octanol–water partition coefficient (Wildman–Crippen LogP) is 7.33. The molecule has 2 aliphatic heterocycles. The summed E-state index contributed by atoms with van der Waals surface area (Å²) in [7, 11) is 6.53. The van der Waals surface area contributed by atoms with E-state index in [0.717, 1.165) is 87.3 Å². The minimum Gasteiger partial charge on any atom is -0.493 e. The van der Waals surface area contributed by atoms with E-state index < -0.39 is 11.9 Å². The number of carboxylic acids is 1. The first kappa shape index (κ1) is 40.2. The van der Waals surface area contributed by atoms with Gasteiger partial charge in [-0.25, -0.2) is 0 Å². The van der Waals surface area contributed by atoms with Gasteiger partial charge in [0.1, 0.15) is 11.9 Å². The van der Waals surface area contributed by atoms with Crippen molar-refractivity contribution < 1.29 is 38.4 Å². The quantitative estimate of drug-likeness (QED) is 0.111. The van der Waals surface area contributed by atoms with E-state index in [9.17, 15) is 19.5 Å². The summed E-state index contributed by atoms with van der Waals surface area (Å²) in [6.45, 7) is 2.32. The van der Waals surface area contributed by atoms with Crippen LogP contribution >= 0.6 is 33.3 Å². The van der Waals surface area contributed by atoms with Crippen molar-refractivity contribution in [3.8, 4) is 11.5 Å². The van der Waals surface area contributed by atoms with Crippen molar-refractivity contribution in [2.24, 2.45) is 11.8 Å². The van der Waals surface area contributed by atoms with Gasteiger partial charge in [0.15, 0.2) is 11.5 Å². The average molecular weight is 740 g/mol. The maximum Gasteiger partial charge on any atom is 0.307 e. The molecule has 1 aromatic carbocycles. The molecule has 5 atom stereocenters. The molecule has 3 aliphatic rings. The molecule has 0 aromatic heterocycles. The van der Waals surface area contributed by atoms with E-state index in [-0.39, 0.29) is 36.3 Å². The Morgan fingerprint density at radius 2 is 1.73 bits per heavy atom. The molecule has 49 heavy (non-hydrogen) atoms. The van der Waals surface area contributed by atoms with Crippen molar-refractivity contribution in [1.82, 2.24) is 4.90 Å². The van der Waals surface area contributed by atoms with E-state index in [1.54, 1.807) is 47.6 Å². The van der Waals surface area contributed by atoms with E-state index >= 15 is 0 Å². The standard InChI is InChI=1S/C37H57NO8S3/c1-43-34-14-13-27(22-35(34)44-2)16-19-45-33-12-8-7-11-31(33)38-18-15-30(24-38)46-36(40)17-21-48-49-26-28-10-6-4-3-5-9-20-47-25-29(37(41)42)23-32(28)39/h13-14,22,28-31,33H,3-12,15-21,23-26H2,1-2H3,(H,41,42)/t28?,29?,30-,31-,33-/m1/s1. The van der Waals surface area contributed by atoms with Gasteiger partial charge < -0.3 is 24.1 Å². The molecule has 4 rings (SSSR count). The van der Waals surface area contributed by atoms with Crippen LogP contribution in [0.2, 0.25) is 0 Å². The number of nitrogens with zero attached hydrogens (tertiary/aromatic N) is 1. The Morgan fingerprint density at radius 3 is 2.55 bits per heavy atom. The number of aliphatic carboxylic acids is 1. The number of rotatable bonds is 15. The zero-order valence-corrected chi connectivity index (χ0v) is 31.9. The number of ether oxygens (including phenoxy) is 4. The SMILES string of the molecule is COc1ccc(CCO[C@@H]2CCCC[C@H]2N2CC[C@@H](OC(=O)CCSSCC3CCCCCCCSCC(C(=O)O)CC3=O)C2)cc1OC. The van der Waals surface area contributed by atoms with Crippen LogP contribution in [0.3, 0.4) is 0 Å². The second-order valence-electron chi connectivity index (χ2n) is 13.5. The van der Waals surface area contributed by atoms with Crippen molar-refractivity contribution >= 4 is 51.1 Å². The number of hydrogen-bond donors (Lipinski definition) is 1. The molecule has 0 radical (unpaired) electrons. The maximum absolute atomic E-state index is 13.1. The minimum atomic E-state index is -0.866. The van der Waals surface area contributed by atoms with E-state index in [4.69, 9.17) is 18.9 Å². The Labute approximate surface area is 305 Å². The van der Waals surface area contributed by atoms with E-state index in [0.29, 0.717) is 36.3 Å². The number of hydrogen-bond acceptors (Lipinski definition) is 11. The molecule has 2 saturated heterocycles. The third-order valence-electron chi connectivity index (χ3n) is 9.94. The largest absolute Gasteiger partial charge is 0.493 e. The molecule has 9 nitrogen and oxygen atoms in total. The fraction of sp³-hybridized carbons (Fsp3) is 0.757. The zero-order chi connectivity index (χ0) is 34.8. The first-order valence-electron chi connectivity index (χ1n) is 18.2. The van der Waals surface area contributed by atoms with Gasteiger partial charge in [-0.15, -0.1) is 0 Å². The van der Waals surface area contributed by atoms with Gasteiger partial charge in [-0.3, -0.25) is 19.3 Å². The summed E-state index contributed by atoms with van der Waals surface area (Å²) in [5.41, 5.74) is 1.16. The molecule has 0 bridgehead atoms. The predicted molar refractivity (Wildman–Crippen MR) is 200 cm³/mol. The number of Topliss-reactive ketones (excluding diaryl/α,β-unsaturated/α-hetero) is 1. The molecular formula is C37H57NO8S3. The van der Waals surface area contributed by atoms with Crippen molar-refractivity contribution in [2.75, 3.05) is 56.9 Å². The summed E-state index contributed by atoms with van der Waals surface area (Å²) in [4.78, 5) is 40.1. The van der Waals surface area contributed by atoms with Crippen LogP contribution in [0, 0.1) is 11.8 Å². The molecular weight excluding hydrogens is 683 g/mol. The summed E-state index contributed by atoms with van der Waals surface area (Å²) in [6, 6.07) is 6.36. The molecule has 12 heteroatoms. The summed E-state index contributed by atoms with van der Waals surface area (Å²) < 4.78 is 23.2. The summed E-state index contributed by atoms with van der Waals surface area (Å²) in [5.74, 6) is 2.55. The lowest BCUT2D eigenvalue weighted by molar-refractivity contribution is -0.148. The van der Waals surface area contributed by atoms with Crippen molar-refractivity contribution in [3.05, 3.63) is 23.8 Å². The van der Waals surface area contributed by atoms with Crippen LogP contribution in [0.25, 0.3) is 0 Å². The second kappa shape index (κ2) is 22.4. The highest BCUT2D eigenvalue weighted by molar-refractivity contribution is 8.76. The van der Waals surface area contributed by atoms with Gasteiger partial charge in [-0.1, -0.05) is 66.2 Å². The monoisotopic (exact) mass is 739 g/mol. The van der Waals surface area contributed by atoms with E-state index in [1.165, 1.54) is 25.7 Å². The molecule has 0 amide bonds. The Balaban J connectivity index is 1.14. The van der Waals surface area contributed by atoms with Crippen LogP contribution in [0.4, 0.5) is 0 Å². The van der Waals surface area contributed by atoms with Gasteiger partial charge in [0, 0.05) is 48.7 Å². The van der Waals surface area contributed by atoms with Crippen LogP contribution in [0.5, 0.6) is 11.5 Å². The lowest BCUT2D eigenvalue weighted by Crippen LogP contribution is -2.46. The lowest BCUT2D eigenvalue weighted by atomic mass is 9.91. The summed E-state index contributed by atoms with van der Waals surface area (Å²) >= 11 is 1.66. The number of methoxy groups -OCH3 is 2. The van der Waals surface area contributed by atoms with Crippen LogP contribution in [0.1, 0.15) is 89.0 Å². The molecule has 2 heterocycles. The molecule has 1 aliphatic carbocycles. The van der Waals surface area contributed by atoms with Crippen LogP contribution in [0.15, 0.2) is 18.2 Å². The van der Waals surface area contributed by atoms with Crippen LogP contribution in [-0.2, 0) is 30.3 Å². The Bertz CT molecular complexity index is 1170. The lowest BCUT2D eigenvalue weighted by Gasteiger charge is -2.37. The van der Waals surface area contributed by atoms with E-state index in [2.05, 4.69) is 11.0 Å². The van der Waals surface area contributed by atoms with Crippen molar-refractivity contribution in [1.29, 1.82) is 0 Å². The minimum absolute atomic E-state index is 0.0778. The summed E-state index contributed by atoms with van der Waals surface area (Å²) in [5, 5.41) is 9.66. The fourth-order valence-corrected chi connectivity index (χ4v) is 10.6. The van der Waals surface area contributed by atoms with Gasteiger partial charge in [-0.2, -0.15) is 11.8 Å². The zero-order valence-electron chi connectivity index (χ0n) is 29.4. The first-order chi connectivity index (χ1) is 23.9. The number of carbonyl (C=O) groups excluding carboxylic acids is 2. The fourth-order valence-electron chi connectivity index (χ4n) is 7.08. The highest BCUT2D eigenvalue weighted by atomic mass is 33.1. The smallest absolute Gasteiger partial charge is 0.307 e. The number of thioether (sulfide) groups is 1. The highest BCUT2D eigenvalue weighted by Gasteiger charge is 2.36. The van der Waals surface area contributed by atoms with Gasteiger partial charge in [0.05, 0.1) is 39.3 Å². The normalized spacial score (nSPS) is 26.2. The third kappa shape index (κ3) is 13.8. The van der Waals surface area contributed by atoms with Gasteiger partial charge in [0.2, 0.25) is 0 Å². The van der Waals surface area contributed by atoms with Crippen LogP contribution in [-0.4, -0.2) is 103 Å². The molecule has 1 aromatic rings. The van der Waals surface area contributed by atoms with E-state index in [1.807, 2.05) is 12.1 Å². The Morgan fingerprint density at radius 1 is 0.959 bits per heavy atom. The van der Waals surface area contributed by atoms with Gasteiger partial charge in [0.25, 0.3) is 0 Å². The molecule has 0 spiro atoms. The number of ketones is 1. The third-order valence-corrected chi connectivity index (χ3v) is 13.6. The molecule has 2 unspecified atom stereocenters. The Hall–Kier alpha value is -1.60. The molecule has 276 valence electrons. The van der Waals surface area contributed by atoms with Gasteiger partial charge in [-0.05, 0) is 62.0 Å². The number of carbonyl (C=O) groups is 3. The molecule has 3 fully saturated rings. The van der Waals surface area contributed by atoms with Crippen molar-refractivity contribution in [3.63, 3.8) is 0 Å². The van der Waals surface area contributed by atoms with Gasteiger partial charge >= 0.3 is 11.9 Å². The van der Waals surface area contributed by atoms with Crippen LogP contribution < -0.4 is 9.47 Å². The topological polar surface area (TPSA) is 112 Å². The van der Waals surface area contributed by atoms with Crippen molar-refractivity contribution in [2.45, 2.75) is 108 Å². The first-order valence-corrected chi connectivity index (χ1v) is 21.9. The molecule has 1 saturated carbocycles.